The summed E-state index contributed by atoms with van der Waals surface area (Å²) in [5, 5.41) is 9.41. The molecule has 1 aromatic carbocycles. The summed E-state index contributed by atoms with van der Waals surface area (Å²) < 4.78 is 0. The number of allylic oxidation sites excluding steroid dienone is 3. The third-order valence-corrected chi connectivity index (χ3v) is 3.94. The maximum atomic E-state index is 9.41. The number of benzene rings is 1. The van der Waals surface area contributed by atoms with E-state index in [0.29, 0.717) is 5.75 Å². The van der Waals surface area contributed by atoms with Gasteiger partial charge >= 0.3 is 0 Å². The molecule has 22 heavy (non-hydrogen) atoms. The third-order valence-electron chi connectivity index (χ3n) is 3.94. The second-order valence-electron chi connectivity index (χ2n) is 6.02. The molecule has 1 N–H and O–H groups in total. The molecule has 0 fully saturated rings. The van der Waals surface area contributed by atoms with Crippen LogP contribution < -0.4 is 0 Å². The van der Waals surface area contributed by atoms with Crippen LogP contribution in [0.15, 0.2) is 49.1 Å². The minimum absolute atomic E-state index is 0.384. The van der Waals surface area contributed by atoms with E-state index in [9.17, 15) is 5.11 Å². The van der Waals surface area contributed by atoms with E-state index in [-0.39, 0.29) is 0 Å². The summed E-state index contributed by atoms with van der Waals surface area (Å²) in [6.07, 6.45) is 20.4. The number of hydrogen-bond donors (Lipinski definition) is 1. The molecule has 0 atom stereocenters. The van der Waals surface area contributed by atoms with Gasteiger partial charge in [0, 0.05) is 0 Å². The van der Waals surface area contributed by atoms with Crippen molar-refractivity contribution in [3.63, 3.8) is 0 Å². The molecule has 122 valence electrons. The number of phenols is 1. The molecule has 0 saturated carbocycles. The van der Waals surface area contributed by atoms with E-state index < -0.39 is 0 Å². The molecular formula is C21H32O. The van der Waals surface area contributed by atoms with Gasteiger partial charge in [0.25, 0.3) is 0 Å². The normalized spacial score (nSPS) is 11.1. The first-order chi connectivity index (χ1) is 10.8. The van der Waals surface area contributed by atoms with Crippen LogP contribution in [0.1, 0.15) is 69.8 Å². The fourth-order valence-corrected chi connectivity index (χ4v) is 2.63. The van der Waals surface area contributed by atoms with E-state index >= 15 is 0 Å². The number of unbranched alkanes of at least 4 members (excludes halogenated alkanes) is 8. The minimum atomic E-state index is 0.384. The molecule has 0 aromatic heterocycles. The maximum absolute atomic E-state index is 9.41. The zero-order valence-electron chi connectivity index (χ0n) is 14.0. The van der Waals surface area contributed by atoms with Crippen molar-refractivity contribution in [3.8, 4) is 5.75 Å². The lowest BCUT2D eigenvalue weighted by Gasteiger charge is -2.03. The summed E-state index contributed by atoms with van der Waals surface area (Å²) in [6, 6.07) is 7.63. The van der Waals surface area contributed by atoms with Gasteiger partial charge in [-0.1, -0.05) is 56.0 Å². The first kappa shape index (κ1) is 18.5. The molecule has 0 saturated heterocycles. The molecule has 0 amide bonds. The zero-order valence-corrected chi connectivity index (χ0v) is 14.0. The van der Waals surface area contributed by atoms with Crippen LogP contribution in [0.2, 0.25) is 0 Å². The van der Waals surface area contributed by atoms with Gasteiger partial charge in [-0.2, -0.15) is 0 Å². The average Bonchev–Trinajstić information content (AvgIpc) is 2.52. The van der Waals surface area contributed by atoms with E-state index in [4.69, 9.17) is 0 Å². The van der Waals surface area contributed by atoms with Gasteiger partial charge in [-0.05, 0) is 62.6 Å². The number of phenolic OH excluding ortho intramolecular Hbond substituents is 1. The molecule has 1 heteroatoms. The van der Waals surface area contributed by atoms with Crippen LogP contribution in [0.25, 0.3) is 0 Å². The second kappa shape index (κ2) is 13.2. The van der Waals surface area contributed by atoms with Gasteiger partial charge in [0.2, 0.25) is 0 Å². The smallest absolute Gasteiger partial charge is 0.115 e. The largest absolute Gasteiger partial charge is 0.508 e. The number of hydrogen-bond acceptors (Lipinski definition) is 1. The van der Waals surface area contributed by atoms with Crippen LogP contribution in [0, 0.1) is 0 Å². The quantitative estimate of drug-likeness (QED) is 0.322. The van der Waals surface area contributed by atoms with Crippen LogP contribution in [0.5, 0.6) is 5.75 Å². The lowest BCUT2D eigenvalue weighted by atomic mass is 10.0. The molecule has 0 bridgehead atoms. The van der Waals surface area contributed by atoms with E-state index in [2.05, 4.69) is 24.8 Å². The standard InChI is InChI=1S/C21H32O/c1-2-3-4-5-6-7-8-9-10-11-12-13-14-16-20-17-15-18-21(22)19-20/h2,6-7,15,17-19,22H,1,3-5,8-14,16H2/b7-6+. The molecule has 1 nitrogen and oxygen atoms in total. The Morgan fingerprint density at radius 1 is 0.818 bits per heavy atom. The Morgan fingerprint density at radius 2 is 1.50 bits per heavy atom. The Morgan fingerprint density at radius 3 is 2.23 bits per heavy atom. The van der Waals surface area contributed by atoms with Crippen molar-refractivity contribution < 1.29 is 5.11 Å². The van der Waals surface area contributed by atoms with Crippen molar-refractivity contribution in [3.05, 3.63) is 54.6 Å². The van der Waals surface area contributed by atoms with E-state index in [1.54, 1.807) is 6.07 Å². The van der Waals surface area contributed by atoms with Crippen molar-refractivity contribution in [2.45, 2.75) is 70.6 Å². The lowest BCUT2D eigenvalue weighted by Crippen LogP contribution is -1.86. The SMILES string of the molecule is C=CCCC/C=C/CCCCCCCCc1cccc(O)c1. The van der Waals surface area contributed by atoms with Gasteiger partial charge in [0.15, 0.2) is 0 Å². The predicted octanol–water partition coefficient (Wildman–Crippen LogP) is 6.58. The van der Waals surface area contributed by atoms with Gasteiger partial charge in [0.1, 0.15) is 5.75 Å². The summed E-state index contributed by atoms with van der Waals surface area (Å²) in [5.41, 5.74) is 1.25. The summed E-state index contributed by atoms with van der Waals surface area (Å²) in [4.78, 5) is 0. The average molecular weight is 300 g/mol. The minimum Gasteiger partial charge on any atom is -0.508 e. The Hall–Kier alpha value is -1.50. The van der Waals surface area contributed by atoms with Gasteiger partial charge in [0.05, 0.1) is 0 Å². The predicted molar refractivity (Wildman–Crippen MR) is 97.3 cm³/mol. The molecule has 0 spiro atoms. The van der Waals surface area contributed by atoms with Crippen molar-refractivity contribution in [1.29, 1.82) is 0 Å². The maximum Gasteiger partial charge on any atom is 0.115 e. The number of aryl methyl sites for hydroxylation is 1. The molecule has 1 aromatic rings. The van der Waals surface area contributed by atoms with Gasteiger partial charge in [-0.3, -0.25) is 0 Å². The van der Waals surface area contributed by atoms with Gasteiger partial charge in [-0.25, -0.2) is 0 Å². The van der Waals surface area contributed by atoms with E-state index in [0.717, 1.165) is 12.8 Å². The van der Waals surface area contributed by atoms with Gasteiger partial charge in [-0.15, -0.1) is 6.58 Å². The topological polar surface area (TPSA) is 20.2 Å². The molecule has 0 aliphatic heterocycles. The summed E-state index contributed by atoms with van der Waals surface area (Å²) in [5.74, 6) is 0.384. The molecule has 0 aliphatic rings. The van der Waals surface area contributed by atoms with Crippen LogP contribution in [0.4, 0.5) is 0 Å². The Labute approximate surface area is 136 Å². The Kier molecular flexibility index (Phi) is 11.1. The van der Waals surface area contributed by atoms with E-state index in [1.165, 1.54) is 63.4 Å². The van der Waals surface area contributed by atoms with Gasteiger partial charge < -0.3 is 5.11 Å². The summed E-state index contributed by atoms with van der Waals surface area (Å²) >= 11 is 0. The van der Waals surface area contributed by atoms with Crippen LogP contribution in [-0.2, 0) is 6.42 Å². The van der Waals surface area contributed by atoms with Crippen LogP contribution in [0.3, 0.4) is 0 Å². The van der Waals surface area contributed by atoms with Crippen molar-refractivity contribution in [2.75, 3.05) is 0 Å². The Balaban J connectivity index is 1.86. The molecule has 0 radical (unpaired) electrons. The molecular weight excluding hydrogens is 268 g/mol. The first-order valence-corrected chi connectivity index (χ1v) is 8.86. The zero-order chi connectivity index (χ0) is 15.9. The summed E-state index contributed by atoms with van der Waals surface area (Å²) in [6.45, 7) is 3.74. The van der Waals surface area contributed by atoms with Crippen molar-refractivity contribution in [2.24, 2.45) is 0 Å². The number of rotatable bonds is 13. The molecule has 1 rings (SSSR count). The fourth-order valence-electron chi connectivity index (χ4n) is 2.63. The lowest BCUT2D eigenvalue weighted by molar-refractivity contribution is 0.474. The van der Waals surface area contributed by atoms with Crippen molar-refractivity contribution in [1.82, 2.24) is 0 Å². The highest BCUT2D eigenvalue weighted by Gasteiger charge is 1.95. The molecule has 0 aliphatic carbocycles. The number of aromatic hydroxyl groups is 1. The third kappa shape index (κ3) is 10.3. The highest BCUT2D eigenvalue weighted by atomic mass is 16.3. The monoisotopic (exact) mass is 300 g/mol. The van der Waals surface area contributed by atoms with Crippen LogP contribution >= 0.6 is 0 Å². The Bertz CT molecular complexity index is 420. The molecule has 0 heterocycles. The first-order valence-electron chi connectivity index (χ1n) is 8.86. The van der Waals surface area contributed by atoms with E-state index in [1.807, 2.05) is 18.2 Å². The van der Waals surface area contributed by atoms with Crippen LogP contribution in [-0.4, -0.2) is 5.11 Å². The highest BCUT2D eigenvalue weighted by Crippen LogP contribution is 2.15. The fraction of sp³-hybridized carbons (Fsp3) is 0.524. The highest BCUT2D eigenvalue weighted by molar-refractivity contribution is 5.27. The summed E-state index contributed by atoms with van der Waals surface area (Å²) in [7, 11) is 0. The second-order valence-corrected chi connectivity index (χ2v) is 6.02. The van der Waals surface area contributed by atoms with Crippen molar-refractivity contribution >= 4 is 0 Å². The molecule has 0 unspecified atom stereocenters.